The highest BCUT2D eigenvalue weighted by Crippen LogP contribution is 2.19. The Kier molecular flexibility index (Phi) is 5.88. The van der Waals surface area contributed by atoms with E-state index in [0.29, 0.717) is 5.56 Å². The Bertz CT molecular complexity index is 784. The number of nitrogens with one attached hydrogen (secondary N) is 1. The minimum atomic E-state index is -0.0123. The molecule has 1 N–H and O–H groups in total. The number of ketones is 1. The second-order valence-electron chi connectivity index (χ2n) is 5.31. The van der Waals surface area contributed by atoms with E-state index in [1.54, 1.807) is 17.8 Å². The molecule has 3 nitrogen and oxygen atoms in total. The van der Waals surface area contributed by atoms with Crippen LogP contribution in [-0.2, 0) is 0 Å². The van der Waals surface area contributed by atoms with Gasteiger partial charge in [0.15, 0.2) is 11.0 Å². The smallest absolute Gasteiger partial charge is 0.185 e. The summed E-state index contributed by atoms with van der Waals surface area (Å²) in [5.41, 5.74) is 2.60. The number of halogens is 1. The monoisotopic (exact) mass is 400 g/mol. The average Bonchev–Trinajstić information content (AvgIpc) is 2.62. The second kappa shape index (κ2) is 8.31. The molecule has 0 saturated heterocycles. The molecule has 122 valence electrons. The summed E-state index contributed by atoms with van der Waals surface area (Å²) in [6.07, 6.45) is 4.56. The highest BCUT2D eigenvalue weighted by molar-refractivity contribution is 9.10. The Morgan fingerprint density at radius 2 is 1.96 bits per heavy atom. The zero-order chi connectivity index (χ0) is 16.8. The van der Waals surface area contributed by atoms with Crippen molar-refractivity contribution in [2.24, 2.45) is 4.99 Å². The number of thioether (sulfide) groups is 1. The Hall–Kier alpha value is -1.85. The fourth-order valence-corrected chi connectivity index (χ4v) is 3.50. The largest absolute Gasteiger partial charge is 0.335 e. The highest BCUT2D eigenvalue weighted by Gasteiger charge is 2.07. The lowest BCUT2D eigenvalue weighted by Gasteiger charge is -2.13. The number of benzene rings is 2. The van der Waals surface area contributed by atoms with Gasteiger partial charge in [0.25, 0.3) is 0 Å². The van der Waals surface area contributed by atoms with E-state index in [4.69, 9.17) is 0 Å². The van der Waals surface area contributed by atoms with E-state index >= 15 is 0 Å². The molecule has 0 spiro atoms. The summed E-state index contributed by atoms with van der Waals surface area (Å²) >= 11 is 5.21. The molecule has 1 aliphatic rings. The van der Waals surface area contributed by atoms with E-state index in [-0.39, 0.29) is 5.78 Å². The summed E-state index contributed by atoms with van der Waals surface area (Å²) in [6, 6.07) is 15.3. The van der Waals surface area contributed by atoms with Crippen molar-refractivity contribution in [2.45, 2.75) is 6.42 Å². The molecule has 0 saturated carbocycles. The molecule has 0 amide bonds. The third-order valence-electron chi connectivity index (χ3n) is 3.54. The summed E-state index contributed by atoms with van der Waals surface area (Å²) in [7, 11) is 0. The number of hydrogen-bond acceptors (Lipinski definition) is 4. The third-order valence-corrected chi connectivity index (χ3v) is 5.26. The lowest BCUT2D eigenvalue weighted by molar-refractivity contribution is 0.104. The van der Waals surface area contributed by atoms with Crippen molar-refractivity contribution in [3.8, 4) is 0 Å². The minimum Gasteiger partial charge on any atom is -0.335 e. The van der Waals surface area contributed by atoms with Gasteiger partial charge in [-0.15, -0.1) is 0 Å². The Morgan fingerprint density at radius 3 is 2.67 bits per heavy atom. The number of aliphatic imine (C=N–C) groups is 1. The van der Waals surface area contributed by atoms with Gasteiger partial charge < -0.3 is 5.32 Å². The molecule has 0 unspecified atom stereocenters. The van der Waals surface area contributed by atoms with Gasteiger partial charge in [-0.1, -0.05) is 45.9 Å². The van der Waals surface area contributed by atoms with Crippen molar-refractivity contribution in [3.63, 3.8) is 0 Å². The SMILES string of the molecule is O=C(C=Cc1ccccc1Br)c1ccc(NC2=NCCCS2)cc1. The van der Waals surface area contributed by atoms with Crippen molar-refractivity contribution in [3.05, 3.63) is 70.2 Å². The molecule has 1 heterocycles. The van der Waals surface area contributed by atoms with Gasteiger partial charge in [0, 0.05) is 28.0 Å². The zero-order valence-corrected chi connectivity index (χ0v) is 15.4. The maximum Gasteiger partial charge on any atom is 0.185 e. The van der Waals surface area contributed by atoms with Gasteiger partial charge in [-0.25, -0.2) is 0 Å². The summed E-state index contributed by atoms with van der Waals surface area (Å²) < 4.78 is 0.972. The Morgan fingerprint density at radius 1 is 1.17 bits per heavy atom. The number of amidine groups is 1. The normalized spacial score (nSPS) is 14.5. The van der Waals surface area contributed by atoms with Crippen LogP contribution in [0.2, 0.25) is 0 Å². The van der Waals surface area contributed by atoms with Gasteiger partial charge in [0.1, 0.15) is 0 Å². The van der Waals surface area contributed by atoms with E-state index in [0.717, 1.165) is 39.6 Å². The zero-order valence-electron chi connectivity index (χ0n) is 13.0. The highest BCUT2D eigenvalue weighted by atomic mass is 79.9. The van der Waals surface area contributed by atoms with Gasteiger partial charge in [-0.3, -0.25) is 9.79 Å². The Labute approximate surface area is 154 Å². The van der Waals surface area contributed by atoms with Gasteiger partial charge in [0.2, 0.25) is 0 Å². The molecule has 0 radical (unpaired) electrons. The van der Waals surface area contributed by atoms with E-state index < -0.39 is 0 Å². The molecule has 5 heteroatoms. The summed E-state index contributed by atoms with van der Waals surface area (Å²) in [4.78, 5) is 16.7. The van der Waals surface area contributed by atoms with Gasteiger partial charge in [-0.2, -0.15) is 0 Å². The van der Waals surface area contributed by atoms with Crippen LogP contribution in [0.25, 0.3) is 6.08 Å². The van der Waals surface area contributed by atoms with Crippen molar-refractivity contribution >= 4 is 50.4 Å². The number of carbonyl (C=O) groups excluding carboxylic acids is 1. The number of hydrogen-bond donors (Lipinski definition) is 1. The molecule has 0 aromatic heterocycles. The topological polar surface area (TPSA) is 41.5 Å². The summed E-state index contributed by atoms with van der Waals surface area (Å²) in [6.45, 7) is 0.881. The standard InChI is InChI=1S/C19H17BrN2OS/c20-17-5-2-1-4-14(17)8-11-18(23)15-6-9-16(10-7-15)22-19-21-12-3-13-24-19/h1-2,4-11H,3,12-13H2,(H,21,22). The van der Waals surface area contributed by atoms with Crippen molar-refractivity contribution in [1.29, 1.82) is 0 Å². The van der Waals surface area contributed by atoms with Crippen LogP contribution in [-0.4, -0.2) is 23.2 Å². The lowest BCUT2D eigenvalue weighted by atomic mass is 10.1. The fraction of sp³-hybridized carbons (Fsp3) is 0.158. The first kappa shape index (κ1) is 17.0. The number of allylic oxidation sites excluding steroid dienone is 1. The molecular formula is C19H17BrN2OS. The number of anilines is 1. The predicted octanol–water partition coefficient (Wildman–Crippen LogP) is 5.25. The molecule has 3 rings (SSSR count). The van der Waals surface area contributed by atoms with Crippen LogP contribution < -0.4 is 5.32 Å². The molecule has 24 heavy (non-hydrogen) atoms. The molecule has 0 aliphatic carbocycles. The summed E-state index contributed by atoms with van der Waals surface area (Å²) in [5.74, 6) is 1.09. The lowest BCUT2D eigenvalue weighted by Crippen LogP contribution is -2.13. The molecule has 2 aromatic rings. The minimum absolute atomic E-state index is 0.0123. The first-order chi connectivity index (χ1) is 11.7. The van der Waals surface area contributed by atoms with Crippen LogP contribution in [0, 0.1) is 0 Å². The van der Waals surface area contributed by atoms with Crippen LogP contribution in [0.15, 0.2) is 64.1 Å². The number of rotatable bonds is 4. The van der Waals surface area contributed by atoms with Gasteiger partial charge in [-0.05, 0) is 54.5 Å². The second-order valence-corrected chi connectivity index (χ2v) is 7.25. The molecule has 0 atom stereocenters. The summed E-state index contributed by atoms with van der Waals surface area (Å²) in [5, 5.41) is 4.24. The quantitative estimate of drug-likeness (QED) is 0.562. The van der Waals surface area contributed by atoms with Crippen LogP contribution >= 0.6 is 27.7 Å². The van der Waals surface area contributed by atoms with Crippen LogP contribution in [0.5, 0.6) is 0 Å². The van der Waals surface area contributed by atoms with Crippen LogP contribution in [0.1, 0.15) is 22.3 Å². The van der Waals surface area contributed by atoms with E-state index in [1.165, 1.54) is 0 Å². The van der Waals surface area contributed by atoms with Crippen LogP contribution in [0.3, 0.4) is 0 Å². The fourth-order valence-electron chi connectivity index (χ4n) is 2.25. The van der Waals surface area contributed by atoms with Gasteiger partial charge >= 0.3 is 0 Å². The van der Waals surface area contributed by atoms with E-state index in [1.807, 2.05) is 54.6 Å². The van der Waals surface area contributed by atoms with Crippen molar-refractivity contribution in [1.82, 2.24) is 0 Å². The molecular weight excluding hydrogens is 384 g/mol. The number of nitrogens with zero attached hydrogens (tertiary/aromatic N) is 1. The van der Waals surface area contributed by atoms with Crippen molar-refractivity contribution < 1.29 is 4.79 Å². The van der Waals surface area contributed by atoms with Crippen molar-refractivity contribution in [2.75, 3.05) is 17.6 Å². The third kappa shape index (κ3) is 4.58. The first-order valence-electron chi connectivity index (χ1n) is 7.74. The molecule has 1 aliphatic heterocycles. The maximum absolute atomic E-state index is 12.3. The average molecular weight is 401 g/mol. The van der Waals surface area contributed by atoms with E-state index in [2.05, 4.69) is 26.2 Å². The Balaban J connectivity index is 1.65. The van der Waals surface area contributed by atoms with E-state index in [9.17, 15) is 4.79 Å². The van der Waals surface area contributed by atoms with Gasteiger partial charge in [0.05, 0.1) is 0 Å². The maximum atomic E-state index is 12.3. The predicted molar refractivity (Wildman–Crippen MR) is 107 cm³/mol. The molecule has 2 aromatic carbocycles. The molecule has 0 fully saturated rings. The molecule has 0 bridgehead atoms. The van der Waals surface area contributed by atoms with Crippen LogP contribution in [0.4, 0.5) is 5.69 Å². The number of carbonyl (C=O) groups is 1. The first-order valence-corrected chi connectivity index (χ1v) is 9.51.